The highest BCUT2D eigenvalue weighted by Crippen LogP contribution is 2.34. The number of thioether (sulfide) groups is 1. The van der Waals surface area contributed by atoms with Crippen molar-refractivity contribution in [2.75, 3.05) is 25.3 Å². The average molecular weight is 480 g/mol. The molecule has 1 amide bonds. The van der Waals surface area contributed by atoms with E-state index in [0.717, 1.165) is 34.0 Å². The Morgan fingerprint density at radius 1 is 0.909 bits per heavy atom. The summed E-state index contributed by atoms with van der Waals surface area (Å²) in [7, 11) is 3.27. The van der Waals surface area contributed by atoms with Gasteiger partial charge in [0.25, 0.3) is 0 Å². The topological polar surface area (TPSA) is 76.2 Å². The van der Waals surface area contributed by atoms with Crippen molar-refractivity contribution in [3.05, 3.63) is 77.8 Å². The summed E-state index contributed by atoms with van der Waals surface area (Å²) in [5.74, 6) is 1.63. The molecule has 0 fully saturated rings. The summed E-state index contributed by atoms with van der Waals surface area (Å²) in [5.41, 5.74) is 4.26. The van der Waals surface area contributed by atoms with Crippen LogP contribution in [0.25, 0.3) is 22.5 Å². The number of aromatic amines is 1. The Hall–Kier alpha value is -3.42. The van der Waals surface area contributed by atoms with Gasteiger partial charge >= 0.3 is 0 Å². The minimum absolute atomic E-state index is 0.129. The van der Waals surface area contributed by atoms with Gasteiger partial charge in [-0.3, -0.25) is 4.79 Å². The summed E-state index contributed by atoms with van der Waals surface area (Å²) in [6, 6.07) is 22.5. The quantitative estimate of drug-likeness (QED) is 0.296. The van der Waals surface area contributed by atoms with Gasteiger partial charge in [-0.05, 0) is 72.8 Å². The van der Waals surface area contributed by atoms with Gasteiger partial charge in [0.1, 0.15) is 11.5 Å². The van der Waals surface area contributed by atoms with Gasteiger partial charge in [0.05, 0.1) is 31.4 Å². The van der Waals surface area contributed by atoms with Crippen molar-refractivity contribution in [3.63, 3.8) is 0 Å². The Morgan fingerprint density at radius 2 is 1.48 bits per heavy atom. The van der Waals surface area contributed by atoms with E-state index >= 15 is 0 Å². The summed E-state index contributed by atoms with van der Waals surface area (Å²) >= 11 is 7.23. The van der Waals surface area contributed by atoms with Crippen LogP contribution in [0.5, 0.6) is 11.5 Å². The molecule has 4 aromatic rings. The molecule has 0 saturated carbocycles. The number of carbonyl (C=O) groups is 1. The Morgan fingerprint density at radius 3 is 2.06 bits per heavy atom. The number of amides is 1. The molecule has 0 aliphatic heterocycles. The first-order valence-electron chi connectivity index (χ1n) is 10.1. The van der Waals surface area contributed by atoms with E-state index < -0.39 is 0 Å². The standard InChI is InChI=1S/C25H22ClN3O3S/c1-31-20-11-3-16(4-12-20)23-24(17-5-13-21(32-2)14-6-17)29-25(28-23)33-15-22(30)27-19-9-7-18(26)8-10-19/h3-14H,15H2,1-2H3,(H,27,30)(H,28,29). The van der Waals surface area contributed by atoms with E-state index in [1.165, 1.54) is 11.8 Å². The average Bonchev–Trinajstić information content (AvgIpc) is 3.28. The Kier molecular flexibility index (Phi) is 7.22. The number of rotatable bonds is 8. The number of H-pyrrole nitrogens is 1. The molecule has 0 radical (unpaired) electrons. The molecule has 0 saturated heterocycles. The van der Waals surface area contributed by atoms with Crippen LogP contribution in [0.4, 0.5) is 5.69 Å². The normalized spacial score (nSPS) is 10.6. The largest absolute Gasteiger partial charge is 0.497 e. The molecule has 1 aromatic heterocycles. The van der Waals surface area contributed by atoms with Crippen molar-refractivity contribution >= 4 is 35.0 Å². The van der Waals surface area contributed by atoms with Gasteiger partial charge in [-0.2, -0.15) is 0 Å². The summed E-state index contributed by atoms with van der Waals surface area (Å²) in [6.45, 7) is 0. The third-order valence-electron chi connectivity index (χ3n) is 4.89. The van der Waals surface area contributed by atoms with Crippen LogP contribution in [0.2, 0.25) is 5.02 Å². The molecule has 168 valence electrons. The second-order valence-corrected chi connectivity index (χ2v) is 8.47. The van der Waals surface area contributed by atoms with Crippen LogP contribution >= 0.6 is 23.4 Å². The van der Waals surface area contributed by atoms with Gasteiger partial charge in [-0.25, -0.2) is 4.98 Å². The molecule has 1 heterocycles. The molecule has 0 unspecified atom stereocenters. The first-order valence-corrected chi connectivity index (χ1v) is 11.5. The third kappa shape index (κ3) is 5.69. The van der Waals surface area contributed by atoms with Gasteiger partial charge in [0.2, 0.25) is 5.91 Å². The predicted octanol–water partition coefficient (Wildman–Crippen LogP) is 6.15. The molecule has 0 aliphatic rings. The summed E-state index contributed by atoms with van der Waals surface area (Å²) in [6.07, 6.45) is 0. The summed E-state index contributed by atoms with van der Waals surface area (Å²) in [5, 5.41) is 4.13. The molecule has 33 heavy (non-hydrogen) atoms. The van der Waals surface area contributed by atoms with Crippen LogP contribution in [0.1, 0.15) is 0 Å². The van der Waals surface area contributed by atoms with Crippen LogP contribution in [-0.2, 0) is 4.79 Å². The van der Waals surface area contributed by atoms with Crippen LogP contribution in [-0.4, -0.2) is 35.8 Å². The number of aromatic nitrogens is 2. The van der Waals surface area contributed by atoms with E-state index in [1.54, 1.807) is 38.5 Å². The smallest absolute Gasteiger partial charge is 0.234 e. The fraction of sp³-hybridized carbons (Fsp3) is 0.120. The number of methoxy groups -OCH3 is 2. The van der Waals surface area contributed by atoms with Crippen LogP contribution in [0.3, 0.4) is 0 Å². The number of nitrogens with one attached hydrogen (secondary N) is 2. The number of hydrogen-bond acceptors (Lipinski definition) is 5. The number of hydrogen-bond donors (Lipinski definition) is 2. The third-order valence-corrected chi connectivity index (χ3v) is 6.02. The molecule has 4 rings (SSSR count). The Balaban J connectivity index is 1.56. The second-order valence-electron chi connectivity index (χ2n) is 7.07. The van der Waals surface area contributed by atoms with Gasteiger partial charge < -0.3 is 19.8 Å². The molecule has 2 N–H and O–H groups in total. The van der Waals surface area contributed by atoms with E-state index in [0.29, 0.717) is 15.9 Å². The first kappa shape index (κ1) is 22.8. The highest BCUT2D eigenvalue weighted by atomic mass is 35.5. The van der Waals surface area contributed by atoms with E-state index in [9.17, 15) is 4.79 Å². The molecule has 0 atom stereocenters. The summed E-state index contributed by atoms with van der Waals surface area (Å²) in [4.78, 5) is 20.6. The first-order chi connectivity index (χ1) is 16.1. The SMILES string of the molecule is COc1ccc(-c2nc(SCC(=O)Nc3ccc(Cl)cc3)[nH]c2-c2ccc(OC)cc2)cc1. The molecule has 0 spiro atoms. The molecule has 0 bridgehead atoms. The van der Waals surface area contributed by atoms with Crippen molar-refractivity contribution in [2.45, 2.75) is 5.16 Å². The number of imidazole rings is 1. The highest BCUT2D eigenvalue weighted by molar-refractivity contribution is 7.99. The lowest BCUT2D eigenvalue weighted by molar-refractivity contribution is -0.113. The van der Waals surface area contributed by atoms with Gasteiger partial charge in [0, 0.05) is 21.8 Å². The van der Waals surface area contributed by atoms with Crippen molar-refractivity contribution in [1.29, 1.82) is 0 Å². The zero-order valence-electron chi connectivity index (χ0n) is 18.1. The van der Waals surface area contributed by atoms with Crippen molar-refractivity contribution in [3.8, 4) is 34.0 Å². The number of ether oxygens (including phenoxy) is 2. The second kappa shape index (κ2) is 10.5. The lowest BCUT2D eigenvalue weighted by Crippen LogP contribution is -2.13. The monoisotopic (exact) mass is 479 g/mol. The number of benzene rings is 3. The van der Waals surface area contributed by atoms with Crippen molar-refractivity contribution < 1.29 is 14.3 Å². The predicted molar refractivity (Wildman–Crippen MR) is 133 cm³/mol. The minimum atomic E-state index is -0.129. The minimum Gasteiger partial charge on any atom is -0.497 e. The van der Waals surface area contributed by atoms with Crippen LogP contribution < -0.4 is 14.8 Å². The number of halogens is 1. The van der Waals surface area contributed by atoms with Crippen molar-refractivity contribution in [2.24, 2.45) is 0 Å². The fourth-order valence-corrected chi connectivity index (χ4v) is 4.00. The number of nitrogens with zero attached hydrogens (tertiary/aromatic N) is 1. The maximum Gasteiger partial charge on any atom is 0.234 e. The molecule has 3 aromatic carbocycles. The fourth-order valence-electron chi connectivity index (χ4n) is 3.21. The van der Waals surface area contributed by atoms with E-state index in [1.807, 2.05) is 48.5 Å². The zero-order chi connectivity index (χ0) is 23.2. The maximum absolute atomic E-state index is 12.4. The molecular weight excluding hydrogens is 458 g/mol. The maximum atomic E-state index is 12.4. The Bertz CT molecular complexity index is 1160. The number of carbonyl (C=O) groups excluding carboxylic acids is 1. The highest BCUT2D eigenvalue weighted by Gasteiger charge is 2.16. The van der Waals surface area contributed by atoms with Gasteiger partial charge in [-0.1, -0.05) is 23.4 Å². The van der Waals surface area contributed by atoms with Gasteiger partial charge in [0.15, 0.2) is 5.16 Å². The Labute approximate surface area is 201 Å². The van der Waals surface area contributed by atoms with E-state index in [-0.39, 0.29) is 11.7 Å². The molecule has 8 heteroatoms. The lowest BCUT2D eigenvalue weighted by atomic mass is 10.0. The molecular formula is C25H22ClN3O3S. The van der Waals surface area contributed by atoms with E-state index in [2.05, 4.69) is 10.3 Å². The zero-order valence-corrected chi connectivity index (χ0v) is 19.7. The summed E-state index contributed by atoms with van der Waals surface area (Å²) < 4.78 is 10.5. The van der Waals surface area contributed by atoms with Crippen LogP contribution in [0.15, 0.2) is 78.0 Å². The van der Waals surface area contributed by atoms with E-state index in [4.69, 9.17) is 26.1 Å². The molecule has 6 nitrogen and oxygen atoms in total. The molecule has 0 aliphatic carbocycles. The number of anilines is 1. The van der Waals surface area contributed by atoms with Crippen molar-refractivity contribution in [1.82, 2.24) is 9.97 Å². The van der Waals surface area contributed by atoms with Gasteiger partial charge in [-0.15, -0.1) is 0 Å². The lowest BCUT2D eigenvalue weighted by Gasteiger charge is -2.06. The van der Waals surface area contributed by atoms with Crippen LogP contribution in [0, 0.1) is 0 Å².